The van der Waals surface area contributed by atoms with Gasteiger partial charge in [-0.1, -0.05) is 51.1 Å². The van der Waals surface area contributed by atoms with Gasteiger partial charge in [0, 0.05) is 39.7 Å². The molecule has 3 aromatic rings. The second-order valence-corrected chi connectivity index (χ2v) is 13.0. The summed E-state index contributed by atoms with van der Waals surface area (Å²) < 4.78 is 6.72. The first kappa shape index (κ1) is 25.0. The average Bonchev–Trinajstić information content (AvgIpc) is 2.84. The van der Waals surface area contributed by atoms with Gasteiger partial charge >= 0.3 is 0 Å². The monoisotopic (exact) mass is 504 g/mol. The number of hydrogen-bond acceptors (Lipinski definition) is 3. The third-order valence-corrected chi connectivity index (χ3v) is 8.43. The molecule has 0 saturated heterocycles. The number of rotatable bonds is 3. The van der Waals surface area contributed by atoms with Crippen LogP contribution in [0.5, 0.6) is 11.5 Å². The molecule has 0 spiro atoms. The van der Waals surface area contributed by atoms with Gasteiger partial charge in [0.05, 0.1) is 16.4 Å². The fourth-order valence-corrected chi connectivity index (χ4v) is 6.64. The van der Waals surface area contributed by atoms with Gasteiger partial charge < -0.3 is 10.1 Å². The van der Waals surface area contributed by atoms with Crippen molar-refractivity contribution < 1.29 is 4.74 Å². The molecule has 0 aromatic heterocycles. The highest BCUT2D eigenvalue weighted by Gasteiger charge is 2.31. The van der Waals surface area contributed by atoms with Crippen LogP contribution in [0, 0.1) is 0 Å². The van der Waals surface area contributed by atoms with Crippen molar-refractivity contribution >= 4 is 16.8 Å². The van der Waals surface area contributed by atoms with Gasteiger partial charge in [0.15, 0.2) is 0 Å². The molecule has 3 aliphatic rings. The van der Waals surface area contributed by atoms with Crippen molar-refractivity contribution in [2.45, 2.75) is 91.1 Å². The van der Waals surface area contributed by atoms with Gasteiger partial charge in [-0.3, -0.25) is 4.99 Å². The number of fused-ring (bicyclic) bond motifs is 4. The van der Waals surface area contributed by atoms with Crippen LogP contribution in [0.4, 0.5) is 5.69 Å². The van der Waals surface area contributed by atoms with Crippen LogP contribution in [0.15, 0.2) is 59.6 Å². The molecular weight excluding hydrogens is 464 g/mol. The summed E-state index contributed by atoms with van der Waals surface area (Å²) in [4.78, 5) is 5.16. The van der Waals surface area contributed by atoms with Crippen LogP contribution in [-0.4, -0.2) is 11.1 Å². The van der Waals surface area contributed by atoms with Crippen LogP contribution < -0.4 is 20.6 Å². The highest BCUT2D eigenvalue weighted by atomic mass is 16.5. The standard InChI is InChI=1S/C35H40N2O/c1-9-22-19-35(7,8)37-30-17-32-28(15-26(22)30)33(24-12-10-23(11-13-24)20(2)3)27-14-25-21(4)18-34(5,6)36-29(25)16-31(27)38-32/h10-18,20,22,36H,9,19H2,1-8H3. The predicted octanol–water partition coefficient (Wildman–Crippen LogP) is 8.07. The molecule has 0 aliphatic carbocycles. The Morgan fingerprint density at radius 2 is 1.71 bits per heavy atom. The van der Waals surface area contributed by atoms with Crippen molar-refractivity contribution in [1.82, 2.24) is 0 Å². The molecule has 0 saturated carbocycles. The van der Waals surface area contributed by atoms with Crippen molar-refractivity contribution in [2.24, 2.45) is 4.99 Å². The Morgan fingerprint density at radius 3 is 2.39 bits per heavy atom. The summed E-state index contributed by atoms with van der Waals surface area (Å²) in [6, 6.07) is 18.2. The molecule has 6 rings (SSSR count). The van der Waals surface area contributed by atoms with Crippen LogP contribution in [0.2, 0.25) is 0 Å². The zero-order chi connectivity index (χ0) is 27.0. The minimum Gasteiger partial charge on any atom is -0.456 e. The van der Waals surface area contributed by atoms with Gasteiger partial charge in [-0.25, -0.2) is 0 Å². The molecule has 196 valence electrons. The number of allylic oxidation sites excluding steroid dienone is 1. The lowest BCUT2D eigenvalue weighted by molar-refractivity contribution is 0.387. The van der Waals surface area contributed by atoms with Crippen molar-refractivity contribution in [3.8, 4) is 11.5 Å². The molecule has 1 N–H and O–H groups in total. The first-order valence-corrected chi connectivity index (χ1v) is 14.2. The lowest BCUT2D eigenvalue weighted by Crippen LogP contribution is -2.35. The number of benzene rings is 3. The van der Waals surface area contributed by atoms with E-state index in [1.54, 1.807) is 0 Å². The lowest BCUT2D eigenvalue weighted by atomic mass is 9.80. The molecule has 0 fully saturated rings. The van der Waals surface area contributed by atoms with Gasteiger partial charge in [0.2, 0.25) is 0 Å². The van der Waals surface area contributed by atoms with Crippen molar-refractivity contribution in [3.63, 3.8) is 0 Å². The molecule has 3 nitrogen and oxygen atoms in total. The summed E-state index contributed by atoms with van der Waals surface area (Å²) in [7, 11) is 0. The number of nitrogens with zero attached hydrogens (tertiary/aromatic N) is 1. The SMILES string of the molecule is CCC1CC(C)(C)N=c2cc3c(cc21)=C(c1ccc(C(C)C)cc1)c1cc2c(cc1O3)NC(C)(C)C=C2C. The number of ether oxygens (including phenoxy) is 1. The maximum Gasteiger partial charge on any atom is 0.137 e. The van der Waals surface area contributed by atoms with Gasteiger partial charge in [-0.2, -0.15) is 0 Å². The summed E-state index contributed by atoms with van der Waals surface area (Å²) in [6.45, 7) is 17.9. The van der Waals surface area contributed by atoms with E-state index < -0.39 is 0 Å². The maximum atomic E-state index is 6.72. The van der Waals surface area contributed by atoms with E-state index in [1.165, 1.54) is 38.6 Å². The Morgan fingerprint density at radius 1 is 0.974 bits per heavy atom. The maximum absolute atomic E-state index is 6.72. The first-order valence-electron chi connectivity index (χ1n) is 14.2. The van der Waals surface area contributed by atoms with Gasteiger partial charge in [0.25, 0.3) is 0 Å². The van der Waals surface area contributed by atoms with E-state index in [-0.39, 0.29) is 11.1 Å². The van der Waals surface area contributed by atoms with E-state index in [9.17, 15) is 0 Å². The molecule has 0 amide bonds. The molecule has 1 atom stereocenters. The Labute approximate surface area is 227 Å². The quantitative estimate of drug-likeness (QED) is 0.306. The molecular formula is C35H40N2O. The summed E-state index contributed by atoms with van der Waals surface area (Å²) >= 11 is 0. The number of nitrogens with one attached hydrogen (secondary N) is 1. The Kier molecular flexibility index (Phi) is 5.65. The summed E-state index contributed by atoms with van der Waals surface area (Å²) in [5.41, 5.74) is 9.84. The van der Waals surface area contributed by atoms with Crippen LogP contribution in [-0.2, 0) is 0 Å². The highest BCUT2D eigenvalue weighted by molar-refractivity contribution is 5.91. The van der Waals surface area contributed by atoms with Gasteiger partial charge in [0.1, 0.15) is 11.5 Å². The third-order valence-electron chi connectivity index (χ3n) is 8.43. The zero-order valence-corrected chi connectivity index (χ0v) is 24.1. The van der Waals surface area contributed by atoms with Crippen LogP contribution in [0.3, 0.4) is 0 Å². The Bertz CT molecular complexity index is 1600. The molecule has 0 bridgehead atoms. The lowest BCUT2D eigenvalue weighted by Gasteiger charge is -2.34. The van der Waals surface area contributed by atoms with Crippen molar-refractivity contribution in [3.05, 3.63) is 93.0 Å². The molecule has 38 heavy (non-hydrogen) atoms. The van der Waals surface area contributed by atoms with Gasteiger partial charge in [-0.05, 0) is 93.7 Å². The number of hydrogen-bond donors (Lipinski definition) is 1. The van der Waals surface area contributed by atoms with Crippen molar-refractivity contribution in [1.29, 1.82) is 0 Å². The third kappa shape index (κ3) is 4.17. The topological polar surface area (TPSA) is 33.6 Å². The average molecular weight is 505 g/mol. The van der Waals surface area contributed by atoms with Crippen molar-refractivity contribution in [2.75, 3.05) is 5.32 Å². The summed E-state index contributed by atoms with van der Waals surface area (Å²) in [5, 5.41) is 5.96. The molecule has 3 aromatic carbocycles. The highest BCUT2D eigenvalue weighted by Crippen LogP contribution is 2.44. The van der Waals surface area contributed by atoms with E-state index in [0.717, 1.165) is 40.9 Å². The zero-order valence-electron chi connectivity index (χ0n) is 24.1. The second kappa shape index (κ2) is 8.59. The van der Waals surface area contributed by atoms with Crippen LogP contribution in [0.1, 0.15) is 108 Å². The molecule has 1 unspecified atom stereocenters. The fourth-order valence-electron chi connectivity index (χ4n) is 6.64. The second-order valence-electron chi connectivity index (χ2n) is 13.0. The van der Waals surface area contributed by atoms with Gasteiger partial charge in [-0.15, -0.1) is 0 Å². The number of anilines is 1. The van der Waals surface area contributed by atoms with E-state index in [2.05, 4.69) is 115 Å². The van der Waals surface area contributed by atoms with E-state index >= 15 is 0 Å². The smallest absolute Gasteiger partial charge is 0.137 e. The van der Waals surface area contributed by atoms with E-state index in [1.807, 2.05) is 0 Å². The normalized spacial score (nSPS) is 20.2. The van der Waals surface area contributed by atoms with E-state index in [4.69, 9.17) is 9.73 Å². The molecule has 3 aliphatic heterocycles. The fraction of sp³-hybridized carbons (Fsp3) is 0.400. The summed E-state index contributed by atoms with van der Waals surface area (Å²) in [5.74, 6) is 2.80. The minimum absolute atomic E-state index is 0.0633. The molecule has 3 heteroatoms. The minimum atomic E-state index is -0.101. The molecule has 3 heterocycles. The Balaban J connectivity index is 1.67. The summed E-state index contributed by atoms with van der Waals surface area (Å²) in [6.07, 6.45) is 4.51. The largest absolute Gasteiger partial charge is 0.456 e. The van der Waals surface area contributed by atoms with Crippen LogP contribution in [0.25, 0.3) is 11.1 Å². The molecule has 0 radical (unpaired) electrons. The predicted molar refractivity (Wildman–Crippen MR) is 159 cm³/mol. The van der Waals surface area contributed by atoms with Crippen LogP contribution >= 0.6 is 0 Å². The van der Waals surface area contributed by atoms with E-state index in [0.29, 0.717) is 11.8 Å². The Hall–Kier alpha value is -3.33. The first-order chi connectivity index (χ1) is 17.9.